The van der Waals surface area contributed by atoms with Crippen LogP contribution in [-0.2, 0) is 0 Å². The summed E-state index contributed by atoms with van der Waals surface area (Å²) in [6, 6.07) is 0. The van der Waals surface area contributed by atoms with Gasteiger partial charge in [0.25, 0.3) is 0 Å². The molecule has 1 saturated carbocycles. The van der Waals surface area contributed by atoms with Gasteiger partial charge >= 0.3 is 5.97 Å². The number of aromatic carboxylic acids is 1. The highest BCUT2D eigenvalue weighted by molar-refractivity contribution is 6.46. The van der Waals surface area contributed by atoms with Crippen LogP contribution in [-0.4, -0.2) is 21.8 Å². The van der Waals surface area contributed by atoms with E-state index in [2.05, 4.69) is 36.3 Å². The first kappa shape index (κ1) is 18.3. The van der Waals surface area contributed by atoms with Gasteiger partial charge in [-0.2, -0.15) is 5.10 Å². The Hall–Kier alpha value is -1.04. The summed E-state index contributed by atoms with van der Waals surface area (Å²) >= 11 is 18.0. The summed E-state index contributed by atoms with van der Waals surface area (Å²) in [6.07, 6.45) is 2.86. The van der Waals surface area contributed by atoms with Crippen molar-refractivity contribution in [2.45, 2.75) is 40.0 Å². The van der Waals surface area contributed by atoms with Crippen LogP contribution in [0.4, 0.5) is 5.69 Å². The van der Waals surface area contributed by atoms with Crippen LogP contribution >= 0.6 is 34.8 Å². The number of hydrogen-bond acceptors (Lipinski definition) is 4. The quantitative estimate of drug-likeness (QED) is 0.549. The SMILES string of the molecule is CC1C/C(=N\Nc2c(Cl)c(Cl)nc(C(=O)O)c2Cl)CC(C)(C)C1. The highest BCUT2D eigenvalue weighted by atomic mass is 35.5. The molecule has 1 heterocycles. The molecule has 1 aliphatic rings. The number of nitrogens with zero attached hydrogens (tertiary/aromatic N) is 2. The van der Waals surface area contributed by atoms with E-state index in [4.69, 9.17) is 39.9 Å². The zero-order chi connectivity index (χ0) is 17.4. The molecule has 0 spiro atoms. The summed E-state index contributed by atoms with van der Waals surface area (Å²) in [5.74, 6) is -0.752. The molecule has 0 saturated heterocycles. The van der Waals surface area contributed by atoms with E-state index in [-0.39, 0.29) is 32.0 Å². The molecule has 0 amide bonds. The van der Waals surface area contributed by atoms with E-state index in [1.165, 1.54) is 0 Å². The molecule has 0 radical (unpaired) electrons. The maximum atomic E-state index is 11.2. The number of pyridine rings is 1. The number of carboxylic acids is 1. The predicted molar refractivity (Wildman–Crippen MR) is 94.1 cm³/mol. The van der Waals surface area contributed by atoms with Gasteiger partial charge in [-0.25, -0.2) is 9.78 Å². The lowest BCUT2D eigenvalue weighted by atomic mass is 9.72. The minimum atomic E-state index is -1.28. The summed E-state index contributed by atoms with van der Waals surface area (Å²) in [5, 5.41) is 13.3. The van der Waals surface area contributed by atoms with Gasteiger partial charge in [-0.05, 0) is 30.6 Å². The molecule has 1 atom stereocenters. The van der Waals surface area contributed by atoms with Gasteiger partial charge in [0, 0.05) is 5.71 Å². The van der Waals surface area contributed by atoms with Crippen molar-refractivity contribution >= 4 is 52.2 Å². The topological polar surface area (TPSA) is 74.6 Å². The van der Waals surface area contributed by atoms with Gasteiger partial charge in [0.1, 0.15) is 10.0 Å². The van der Waals surface area contributed by atoms with Gasteiger partial charge in [0.2, 0.25) is 0 Å². The summed E-state index contributed by atoms with van der Waals surface area (Å²) in [5.41, 5.74) is 3.75. The Morgan fingerprint density at radius 2 is 2.00 bits per heavy atom. The van der Waals surface area contributed by atoms with Crippen LogP contribution in [0.2, 0.25) is 15.2 Å². The van der Waals surface area contributed by atoms with Crippen molar-refractivity contribution in [2.75, 3.05) is 5.43 Å². The van der Waals surface area contributed by atoms with Crippen molar-refractivity contribution in [2.24, 2.45) is 16.4 Å². The Morgan fingerprint density at radius 3 is 2.57 bits per heavy atom. The maximum Gasteiger partial charge on any atom is 0.356 e. The molecule has 1 aromatic rings. The Balaban J connectivity index is 2.33. The van der Waals surface area contributed by atoms with E-state index >= 15 is 0 Å². The second kappa shape index (κ2) is 6.83. The second-order valence-corrected chi connectivity index (χ2v) is 7.82. The van der Waals surface area contributed by atoms with E-state index < -0.39 is 5.97 Å². The Labute approximate surface area is 150 Å². The molecule has 1 aromatic heterocycles. The van der Waals surface area contributed by atoms with E-state index in [9.17, 15) is 4.79 Å². The summed E-state index contributed by atoms with van der Waals surface area (Å²) in [7, 11) is 0. The Bertz CT molecular complexity index is 674. The lowest BCUT2D eigenvalue weighted by molar-refractivity contribution is 0.0691. The highest BCUT2D eigenvalue weighted by Gasteiger charge is 2.29. The third kappa shape index (κ3) is 4.28. The molecule has 1 aliphatic carbocycles. The first-order valence-electron chi connectivity index (χ1n) is 7.20. The largest absolute Gasteiger partial charge is 0.476 e. The van der Waals surface area contributed by atoms with Gasteiger partial charge in [-0.1, -0.05) is 55.6 Å². The number of anilines is 1. The lowest BCUT2D eigenvalue weighted by Gasteiger charge is -2.34. The van der Waals surface area contributed by atoms with Crippen LogP contribution in [0.1, 0.15) is 50.5 Å². The lowest BCUT2D eigenvalue weighted by Crippen LogP contribution is -2.28. The van der Waals surface area contributed by atoms with Gasteiger partial charge in [-0.3, -0.25) is 5.43 Å². The van der Waals surface area contributed by atoms with Crippen LogP contribution in [0, 0.1) is 11.3 Å². The average Bonchev–Trinajstić information content (AvgIpc) is 2.40. The van der Waals surface area contributed by atoms with Gasteiger partial charge in [0.05, 0.1) is 5.69 Å². The molecule has 0 aromatic carbocycles. The molecule has 0 bridgehead atoms. The van der Waals surface area contributed by atoms with Crippen molar-refractivity contribution in [3.05, 3.63) is 20.9 Å². The van der Waals surface area contributed by atoms with Crippen molar-refractivity contribution < 1.29 is 9.90 Å². The number of nitrogens with one attached hydrogen (secondary N) is 1. The average molecular weight is 379 g/mol. The Kier molecular flexibility index (Phi) is 5.44. The standard InChI is InChI=1S/C15H18Cl3N3O2/c1-7-4-8(6-15(2,3)5-7)20-21-11-9(16)12(14(22)23)19-13(18)10(11)17/h7H,4-6H2,1-3H3,(H,19,21)(H,22,23)/b20-8+. The minimum Gasteiger partial charge on any atom is -0.476 e. The molecule has 0 aliphatic heterocycles. The fourth-order valence-corrected chi connectivity index (χ4v) is 3.75. The third-order valence-electron chi connectivity index (χ3n) is 3.73. The number of halogens is 3. The summed E-state index contributed by atoms with van der Waals surface area (Å²) in [4.78, 5) is 14.8. The number of aromatic nitrogens is 1. The van der Waals surface area contributed by atoms with Crippen molar-refractivity contribution in [1.82, 2.24) is 4.98 Å². The van der Waals surface area contributed by atoms with Gasteiger partial charge in [-0.15, -0.1) is 0 Å². The molecule has 1 unspecified atom stereocenters. The first-order valence-corrected chi connectivity index (χ1v) is 8.33. The van der Waals surface area contributed by atoms with E-state index in [0.717, 1.165) is 25.0 Å². The zero-order valence-corrected chi connectivity index (χ0v) is 15.4. The van der Waals surface area contributed by atoms with Crippen LogP contribution in [0.15, 0.2) is 5.10 Å². The Morgan fingerprint density at radius 1 is 1.35 bits per heavy atom. The van der Waals surface area contributed by atoms with E-state index in [1.54, 1.807) is 0 Å². The van der Waals surface area contributed by atoms with E-state index in [1.807, 2.05) is 0 Å². The number of hydrogen-bond donors (Lipinski definition) is 2. The van der Waals surface area contributed by atoms with E-state index in [0.29, 0.717) is 5.92 Å². The fraction of sp³-hybridized carbons (Fsp3) is 0.533. The summed E-state index contributed by atoms with van der Waals surface area (Å²) < 4.78 is 0. The number of hydrazone groups is 1. The molecule has 1 fully saturated rings. The highest BCUT2D eigenvalue weighted by Crippen LogP contribution is 2.39. The van der Waals surface area contributed by atoms with Crippen molar-refractivity contribution in [3.63, 3.8) is 0 Å². The molecular formula is C15H18Cl3N3O2. The fourth-order valence-electron chi connectivity index (χ4n) is 3.09. The predicted octanol–water partition coefficient (Wildman–Crippen LogP) is 5.35. The zero-order valence-electron chi connectivity index (χ0n) is 13.1. The molecule has 2 N–H and O–H groups in total. The number of carbonyl (C=O) groups is 1. The van der Waals surface area contributed by atoms with Crippen LogP contribution in [0.5, 0.6) is 0 Å². The van der Waals surface area contributed by atoms with Gasteiger partial charge in [0.15, 0.2) is 10.8 Å². The van der Waals surface area contributed by atoms with Crippen LogP contribution < -0.4 is 5.43 Å². The third-order valence-corrected chi connectivity index (χ3v) is 4.84. The molecule has 23 heavy (non-hydrogen) atoms. The normalized spacial score (nSPS) is 22.2. The molecule has 8 heteroatoms. The second-order valence-electron chi connectivity index (χ2n) is 6.70. The molecule has 2 rings (SSSR count). The molecule has 126 valence electrons. The molecular weight excluding hydrogens is 361 g/mol. The van der Waals surface area contributed by atoms with Crippen LogP contribution in [0.25, 0.3) is 0 Å². The van der Waals surface area contributed by atoms with Crippen molar-refractivity contribution in [1.29, 1.82) is 0 Å². The van der Waals surface area contributed by atoms with Gasteiger partial charge < -0.3 is 5.11 Å². The monoisotopic (exact) mass is 377 g/mol. The maximum absolute atomic E-state index is 11.2. The van der Waals surface area contributed by atoms with Crippen molar-refractivity contribution in [3.8, 4) is 0 Å². The minimum absolute atomic E-state index is 0.0501. The van der Waals surface area contributed by atoms with Crippen LogP contribution in [0.3, 0.4) is 0 Å². The summed E-state index contributed by atoms with van der Waals surface area (Å²) in [6.45, 7) is 6.58. The number of rotatable bonds is 3. The smallest absolute Gasteiger partial charge is 0.356 e. The number of carboxylic acid groups (broad SMARTS) is 1. The molecule has 5 nitrogen and oxygen atoms in total. The first-order chi connectivity index (χ1) is 10.6.